The molecule has 344 valence electrons. The molecule has 1 amide bonds. The molecule has 6 nitrogen and oxygen atoms in total. The summed E-state index contributed by atoms with van der Waals surface area (Å²) in [5.74, 6) is -0.0749. The van der Waals surface area contributed by atoms with Gasteiger partial charge in [0.25, 0.3) is 0 Å². The van der Waals surface area contributed by atoms with E-state index in [1.54, 1.807) is 0 Å². The number of amides is 1. The van der Waals surface area contributed by atoms with E-state index >= 15 is 0 Å². The second-order valence-corrected chi connectivity index (χ2v) is 17.9. The molecule has 0 saturated heterocycles. The number of hydrogen-bond donors (Lipinski definition) is 3. The lowest BCUT2D eigenvalue weighted by molar-refractivity contribution is -0.143. The first-order valence-corrected chi connectivity index (χ1v) is 25.9. The van der Waals surface area contributed by atoms with Crippen molar-refractivity contribution in [2.24, 2.45) is 0 Å². The van der Waals surface area contributed by atoms with Gasteiger partial charge >= 0.3 is 5.97 Å². The topological polar surface area (TPSA) is 95.9 Å². The zero-order chi connectivity index (χ0) is 42.3. The van der Waals surface area contributed by atoms with E-state index in [4.69, 9.17) is 4.74 Å². The smallest absolute Gasteiger partial charge is 0.305 e. The molecule has 0 aliphatic rings. The summed E-state index contributed by atoms with van der Waals surface area (Å²) >= 11 is 0. The molecular weight excluding hydrogens is 719 g/mol. The van der Waals surface area contributed by atoms with Gasteiger partial charge in [0.15, 0.2) is 0 Å². The van der Waals surface area contributed by atoms with Crippen molar-refractivity contribution in [2.45, 2.75) is 296 Å². The van der Waals surface area contributed by atoms with Crippen LogP contribution in [-0.2, 0) is 14.3 Å². The Morgan fingerprint density at radius 2 is 0.810 bits per heavy atom. The van der Waals surface area contributed by atoms with Crippen LogP contribution in [-0.4, -0.2) is 47.4 Å². The van der Waals surface area contributed by atoms with Crippen LogP contribution < -0.4 is 5.32 Å². The van der Waals surface area contributed by atoms with Gasteiger partial charge in [0, 0.05) is 12.8 Å². The molecule has 0 aromatic carbocycles. The quantitative estimate of drug-likeness (QED) is 0.0323. The molecule has 3 N–H and O–H groups in total. The van der Waals surface area contributed by atoms with Gasteiger partial charge in [-0.05, 0) is 51.4 Å². The van der Waals surface area contributed by atoms with Crippen LogP contribution in [0.5, 0.6) is 0 Å². The predicted molar refractivity (Wildman–Crippen MR) is 250 cm³/mol. The molecule has 0 fully saturated rings. The van der Waals surface area contributed by atoms with Crippen LogP contribution in [0.15, 0.2) is 12.2 Å². The number of carbonyl (C=O) groups excluding carboxylic acids is 2. The van der Waals surface area contributed by atoms with Crippen molar-refractivity contribution >= 4 is 11.9 Å². The van der Waals surface area contributed by atoms with E-state index in [2.05, 4.69) is 31.3 Å². The average Bonchev–Trinajstić information content (AvgIpc) is 3.22. The minimum Gasteiger partial charge on any atom is -0.466 e. The largest absolute Gasteiger partial charge is 0.466 e. The van der Waals surface area contributed by atoms with Crippen LogP contribution >= 0.6 is 0 Å². The Hall–Kier alpha value is -1.40. The number of esters is 1. The van der Waals surface area contributed by atoms with Crippen molar-refractivity contribution < 1.29 is 24.5 Å². The fraction of sp³-hybridized carbons (Fsp3) is 0.923. The van der Waals surface area contributed by atoms with E-state index in [1.807, 2.05) is 0 Å². The second-order valence-electron chi connectivity index (χ2n) is 17.9. The lowest BCUT2D eigenvalue weighted by Crippen LogP contribution is -2.45. The Morgan fingerprint density at radius 1 is 0.466 bits per heavy atom. The maximum Gasteiger partial charge on any atom is 0.305 e. The third-order valence-electron chi connectivity index (χ3n) is 12.1. The second kappa shape index (κ2) is 48.3. The third kappa shape index (κ3) is 44.2. The Labute approximate surface area is 361 Å². The van der Waals surface area contributed by atoms with E-state index in [-0.39, 0.29) is 18.5 Å². The number of ether oxygens (including phenoxy) is 1. The van der Waals surface area contributed by atoms with Crippen molar-refractivity contribution in [1.82, 2.24) is 5.32 Å². The molecule has 2 unspecified atom stereocenters. The lowest BCUT2D eigenvalue weighted by Gasteiger charge is -2.22. The molecule has 0 rings (SSSR count). The van der Waals surface area contributed by atoms with Crippen molar-refractivity contribution in [3.8, 4) is 0 Å². The summed E-state index contributed by atoms with van der Waals surface area (Å²) < 4.78 is 5.47. The molecule has 0 aliphatic carbocycles. The first-order chi connectivity index (χ1) is 28.5. The summed E-state index contributed by atoms with van der Waals surface area (Å²) in [4.78, 5) is 24.4. The minimum atomic E-state index is -0.678. The molecule has 6 heteroatoms. The summed E-state index contributed by atoms with van der Waals surface area (Å²) in [6, 6.07) is -0.558. The van der Waals surface area contributed by atoms with E-state index < -0.39 is 12.1 Å². The van der Waals surface area contributed by atoms with Gasteiger partial charge in [-0.1, -0.05) is 231 Å². The Bertz CT molecular complexity index is 863. The molecule has 2 atom stereocenters. The van der Waals surface area contributed by atoms with E-state index in [1.165, 1.54) is 180 Å². The summed E-state index contributed by atoms with van der Waals surface area (Å²) in [5.41, 5.74) is 0. The van der Waals surface area contributed by atoms with Crippen molar-refractivity contribution in [3.05, 3.63) is 12.2 Å². The maximum atomic E-state index is 12.4. The molecule has 0 bridgehead atoms. The number of unbranched alkanes of at least 4 members (excludes halogenated alkanes) is 35. The molecule has 0 radical (unpaired) electrons. The van der Waals surface area contributed by atoms with Crippen LogP contribution in [0.3, 0.4) is 0 Å². The number of aliphatic hydroxyl groups excluding tert-OH is 2. The molecule has 0 aliphatic heterocycles. The van der Waals surface area contributed by atoms with E-state index in [0.29, 0.717) is 25.9 Å². The van der Waals surface area contributed by atoms with Gasteiger partial charge < -0.3 is 20.3 Å². The SMILES string of the molecule is CCCCCCCCCCCCCCCCCCCCCC(=O)OCCCCCCCC/C=C\CCCCCC(=O)NC(CO)C(O)CCCCCCCCCCC. The number of carbonyl (C=O) groups is 2. The highest BCUT2D eigenvalue weighted by Gasteiger charge is 2.20. The maximum absolute atomic E-state index is 12.4. The number of allylic oxidation sites excluding steroid dienone is 2. The van der Waals surface area contributed by atoms with Crippen LogP contribution in [0, 0.1) is 0 Å². The summed E-state index contributed by atoms with van der Waals surface area (Å²) in [5, 5.41) is 23.0. The number of hydrogen-bond acceptors (Lipinski definition) is 5. The molecule has 0 spiro atoms. The van der Waals surface area contributed by atoms with Crippen LogP contribution in [0.1, 0.15) is 284 Å². The standard InChI is InChI=1S/C52H101NO5/c1-3-5-7-9-11-13-14-15-16-17-18-19-20-23-26-30-34-38-42-46-52(57)58-47-43-39-35-31-27-24-21-22-25-29-33-37-41-45-51(56)53-49(48-54)50(55)44-40-36-32-28-12-10-8-6-4-2/h22,25,49-50,54-55H,3-21,23-24,26-48H2,1-2H3,(H,53,56)/b25-22-. The Balaban J connectivity index is 3.42. The van der Waals surface area contributed by atoms with E-state index in [9.17, 15) is 19.8 Å². The molecule has 0 aromatic rings. The fourth-order valence-electron chi connectivity index (χ4n) is 8.05. The van der Waals surface area contributed by atoms with Crippen LogP contribution in [0.2, 0.25) is 0 Å². The summed E-state index contributed by atoms with van der Waals surface area (Å²) in [6.07, 6.45) is 54.8. The van der Waals surface area contributed by atoms with Crippen molar-refractivity contribution in [1.29, 1.82) is 0 Å². The Morgan fingerprint density at radius 3 is 1.24 bits per heavy atom. The monoisotopic (exact) mass is 820 g/mol. The van der Waals surface area contributed by atoms with Crippen LogP contribution in [0.4, 0.5) is 0 Å². The molecule has 0 aromatic heterocycles. The van der Waals surface area contributed by atoms with E-state index in [0.717, 1.165) is 70.6 Å². The highest BCUT2D eigenvalue weighted by molar-refractivity contribution is 5.76. The fourth-order valence-corrected chi connectivity index (χ4v) is 8.05. The normalized spacial score (nSPS) is 12.7. The highest BCUT2D eigenvalue weighted by Crippen LogP contribution is 2.16. The van der Waals surface area contributed by atoms with Gasteiger partial charge in [0.05, 0.1) is 25.4 Å². The highest BCUT2D eigenvalue weighted by atomic mass is 16.5. The van der Waals surface area contributed by atoms with Gasteiger partial charge in [-0.25, -0.2) is 0 Å². The molecule has 0 heterocycles. The minimum absolute atomic E-state index is 0.00814. The first-order valence-electron chi connectivity index (χ1n) is 25.9. The zero-order valence-corrected chi connectivity index (χ0v) is 39.0. The molecular formula is C52H101NO5. The van der Waals surface area contributed by atoms with Gasteiger partial charge in [-0.2, -0.15) is 0 Å². The first kappa shape index (κ1) is 56.6. The van der Waals surface area contributed by atoms with Crippen molar-refractivity contribution in [2.75, 3.05) is 13.2 Å². The Kier molecular flexibility index (Phi) is 47.1. The number of nitrogens with one attached hydrogen (secondary N) is 1. The lowest BCUT2D eigenvalue weighted by atomic mass is 10.0. The molecule has 0 saturated carbocycles. The summed E-state index contributed by atoms with van der Waals surface area (Å²) in [7, 11) is 0. The van der Waals surface area contributed by atoms with Gasteiger partial charge in [0.2, 0.25) is 5.91 Å². The van der Waals surface area contributed by atoms with Gasteiger partial charge in [0.1, 0.15) is 0 Å². The van der Waals surface area contributed by atoms with Gasteiger partial charge in [-0.3, -0.25) is 9.59 Å². The van der Waals surface area contributed by atoms with Crippen molar-refractivity contribution in [3.63, 3.8) is 0 Å². The van der Waals surface area contributed by atoms with Crippen LogP contribution in [0.25, 0.3) is 0 Å². The number of aliphatic hydroxyl groups is 2. The average molecular weight is 820 g/mol. The number of rotatable bonds is 48. The third-order valence-corrected chi connectivity index (χ3v) is 12.1. The zero-order valence-electron chi connectivity index (χ0n) is 39.0. The predicted octanol–water partition coefficient (Wildman–Crippen LogP) is 15.3. The molecule has 58 heavy (non-hydrogen) atoms. The summed E-state index contributed by atoms with van der Waals surface area (Å²) in [6.45, 7) is 4.90. The van der Waals surface area contributed by atoms with Gasteiger partial charge in [-0.15, -0.1) is 0 Å².